The molecule has 1 aliphatic rings. The second-order valence-electron chi connectivity index (χ2n) is 4.15. The van der Waals surface area contributed by atoms with Gasteiger partial charge in [-0.05, 0) is 0 Å². The second kappa shape index (κ2) is 5.65. The first-order valence-corrected chi connectivity index (χ1v) is 5.75. The van der Waals surface area contributed by atoms with Crippen LogP contribution in [0.3, 0.4) is 0 Å². The molecule has 1 aromatic rings. The fraction of sp³-hybridized carbons (Fsp3) is 0.600. The third kappa shape index (κ3) is 3.19. The summed E-state index contributed by atoms with van der Waals surface area (Å²) in [5.41, 5.74) is -1.28. The van der Waals surface area contributed by atoms with E-state index in [0.717, 1.165) is 6.39 Å². The molecule has 9 heteroatoms. The minimum atomic E-state index is -1.28. The van der Waals surface area contributed by atoms with Crippen molar-refractivity contribution in [1.82, 2.24) is 20.8 Å². The number of hydrogen-bond acceptors (Lipinski definition) is 6. The zero-order valence-electron chi connectivity index (χ0n) is 10.1. The van der Waals surface area contributed by atoms with E-state index in [-0.39, 0.29) is 19.4 Å². The lowest BCUT2D eigenvalue weighted by Crippen LogP contribution is -2.59. The van der Waals surface area contributed by atoms with Gasteiger partial charge in [-0.25, -0.2) is 9.59 Å². The molecule has 0 aliphatic carbocycles. The minimum absolute atomic E-state index is 0.0640. The summed E-state index contributed by atoms with van der Waals surface area (Å²) in [4.78, 5) is 26.7. The van der Waals surface area contributed by atoms with Crippen LogP contribution in [0.4, 0.5) is 4.79 Å². The van der Waals surface area contributed by atoms with E-state index in [0.29, 0.717) is 19.0 Å². The topological polar surface area (TPSA) is 127 Å². The number of aromatic nitrogens is 2. The lowest BCUT2D eigenvalue weighted by molar-refractivity contribution is -0.148. The van der Waals surface area contributed by atoms with Crippen molar-refractivity contribution in [3.63, 3.8) is 0 Å². The van der Waals surface area contributed by atoms with E-state index in [2.05, 4.69) is 25.3 Å². The molecular weight excluding hydrogens is 256 g/mol. The van der Waals surface area contributed by atoms with Crippen molar-refractivity contribution >= 4 is 12.0 Å². The van der Waals surface area contributed by atoms with Crippen LogP contribution in [0, 0.1) is 0 Å². The molecule has 1 saturated heterocycles. The zero-order chi connectivity index (χ0) is 13.7. The van der Waals surface area contributed by atoms with Crippen molar-refractivity contribution in [2.24, 2.45) is 0 Å². The molecule has 2 amide bonds. The Hall–Kier alpha value is -2.16. The Bertz CT molecular complexity index is 441. The summed E-state index contributed by atoms with van der Waals surface area (Å²) in [7, 11) is 0. The average molecular weight is 270 g/mol. The predicted molar refractivity (Wildman–Crippen MR) is 60.1 cm³/mol. The molecule has 0 spiro atoms. The normalized spacial score (nSPS) is 17.7. The maximum atomic E-state index is 11.7. The van der Waals surface area contributed by atoms with E-state index >= 15 is 0 Å². The summed E-state index contributed by atoms with van der Waals surface area (Å²) < 4.78 is 9.62. The number of carboxylic acids is 1. The summed E-state index contributed by atoms with van der Waals surface area (Å²) >= 11 is 0. The van der Waals surface area contributed by atoms with Crippen molar-refractivity contribution in [1.29, 1.82) is 0 Å². The lowest BCUT2D eigenvalue weighted by Gasteiger charge is -2.33. The molecule has 2 heterocycles. The van der Waals surface area contributed by atoms with Crippen molar-refractivity contribution < 1.29 is 24.0 Å². The van der Waals surface area contributed by atoms with Crippen molar-refractivity contribution in [2.75, 3.05) is 13.2 Å². The van der Waals surface area contributed by atoms with Crippen LogP contribution in [0.15, 0.2) is 10.9 Å². The Labute approximate surface area is 108 Å². The summed E-state index contributed by atoms with van der Waals surface area (Å²) in [6.07, 6.45) is 1.61. The largest absolute Gasteiger partial charge is 0.480 e. The number of nitrogens with one attached hydrogen (secondary N) is 2. The van der Waals surface area contributed by atoms with E-state index in [1.54, 1.807) is 0 Å². The zero-order valence-corrected chi connectivity index (χ0v) is 10.1. The molecule has 0 unspecified atom stereocenters. The Morgan fingerprint density at radius 3 is 2.74 bits per heavy atom. The van der Waals surface area contributed by atoms with E-state index < -0.39 is 17.5 Å². The summed E-state index contributed by atoms with van der Waals surface area (Å²) in [6, 6.07) is -0.589. The van der Waals surface area contributed by atoms with Crippen LogP contribution >= 0.6 is 0 Å². The van der Waals surface area contributed by atoms with Gasteiger partial charge in [-0.3, -0.25) is 0 Å². The average Bonchev–Trinajstić information content (AvgIpc) is 2.90. The van der Waals surface area contributed by atoms with Crippen molar-refractivity contribution in [3.05, 3.63) is 12.2 Å². The molecule has 3 N–H and O–H groups in total. The first-order valence-electron chi connectivity index (χ1n) is 5.75. The Morgan fingerprint density at radius 2 is 2.16 bits per heavy atom. The molecule has 0 radical (unpaired) electrons. The van der Waals surface area contributed by atoms with Crippen LogP contribution in [0.1, 0.15) is 18.7 Å². The Kier molecular flexibility index (Phi) is 3.95. The Balaban J connectivity index is 1.90. The van der Waals surface area contributed by atoms with Gasteiger partial charge in [-0.15, -0.1) is 0 Å². The highest BCUT2D eigenvalue weighted by molar-refractivity contribution is 5.86. The lowest BCUT2D eigenvalue weighted by atomic mass is 9.90. The number of rotatable bonds is 4. The molecule has 19 heavy (non-hydrogen) atoms. The highest BCUT2D eigenvalue weighted by atomic mass is 16.5. The van der Waals surface area contributed by atoms with Gasteiger partial charge in [0.15, 0.2) is 5.82 Å². The summed E-state index contributed by atoms with van der Waals surface area (Å²) in [5.74, 6) is -0.753. The van der Waals surface area contributed by atoms with Gasteiger partial charge >= 0.3 is 12.0 Å². The first kappa shape index (κ1) is 13.3. The van der Waals surface area contributed by atoms with Gasteiger partial charge in [0, 0.05) is 26.1 Å². The molecule has 0 aromatic carbocycles. The number of carbonyl (C=O) groups excluding carboxylic acids is 1. The van der Waals surface area contributed by atoms with Gasteiger partial charge in [-0.1, -0.05) is 5.16 Å². The number of ether oxygens (including phenoxy) is 1. The molecule has 9 nitrogen and oxygen atoms in total. The van der Waals surface area contributed by atoms with Crippen LogP contribution in [-0.2, 0) is 16.1 Å². The number of carboxylic acid groups (broad SMARTS) is 1. The number of amides is 2. The van der Waals surface area contributed by atoms with Gasteiger partial charge in [-0.2, -0.15) is 4.98 Å². The third-order valence-corrected chi connectivity index (χ3v) is 2.92. The van der Waals surface area contributed by atoms with Crippen LogP contribution < -0.4 is 10.6 Å². The molecule has 0 atom stereocenters. The van der Waals surface area contributed by atoms with E-state index in [1.165, 1.54) is 0 Å². The maximum absolute atomic E-state index is 11.7. The highest BCUT2D eigenvalue weighted by Crippen LogP contribution is 2.20. The van der Waals surface area contributed by atoms with Gasteiger partial charge < -0.3 is 25.0 Å². The number of carbonyl (C=O) groups is 2. The monoisotopic (exact) mass is 270 g/mol. The molecule has 104 valence electrons. The molecule has 2 rings (SSSR count). The van der Waals surface area contributed by atoms with E-state index in [9.17, 15) is 14.7 Å². The van der Waals surface area contributed by atoms with Crippen LogP contribution in [0.25, 0.3) is 0 Å². The van der Waals surface area contributed by atoms with Crippen LogP contribution in [0.2, 0.25) is 0 Å². The molecule has 0 saturated carbocycles. The quantitative estimate of drug-likeness (QED) is 0.673. The standard InChI is InChI=1S/C10H14N4O5/c15-8(16)10(1-3-18-4-2-10)13-9(17)11-5-7-12-6-19-14-7/h6H,1-5H2,(H,15,16)(H2,11,13,17). The van der Waals surface area contributed by atoms with Gasteiger partial charge in [0.05, 0.1) is 6.54 Å². The number of nitrogens with zero attached hydrogens (tertiary/aromatic N) is 2. The first-order chi connectivity index (χ1) is 9.12. The fourth-order valence-corrected chi connectivity index (χ4v) is 1.80. The second-order valence-corrected chi connectivity index (χ2v) is 4.15. The SMILES string of the molecule is O=C(NCc1ncon1)NC1(C(=O)O)CCOCC1. The number of hydrogen-bond donors (Lipinski definition) is 3. The number of aliphatic carboxylic acids is 1. The molecule has 1 aliphatic heterocycles. The molecule has 1 aromatic heterocycles. The van der Waals surface area contributed by atoms with E-state index in [4.69, 9.17) is 4.74 Å². The van der Waals surface area contributed by atoms with Crippen LogP contribution in [0.5, 0.6) is 0 Å². The van der Waals surface area contributed by atoms with Gasteiger partial charge in [0.1, 0.15) is 5.54 Å². The molecule has 1 fully saturated rings. The maximum Gasteiger partial charge on any atom is 0.329 e. The minimum Gasteiger partial charge on any atom is -0.480 e. The smallest absolute Gasteiger partial charge is 0.329 e. The number of urea groups is 1. The van der Waals surface area contributed by atoms with Gasteiger partial charge in [0.25, 0.3) is 0 Å². The Morgan fingerprint density at radius 1 is 1.42 bits per heavy atom. The van der Waals surface area contributed by atoms with Crippen molar-refractivity contribution in [3.8, 4) is 0 Å². The molecular formula is C10H14N4O5. The summed E-state index contributed by atoms with van der Waals surface area (Å²) in [6.45, 7) is 0.670. The van der Waals surface area contributed by atoms with Crippen molar-refractivity contribution in [2.45, 2.75) is 24.9 Å². The summed E-state index contributed by atoms with van der Waals surface area (Å²) in [5, 5.41) is 17.7. The molecule has 0 bridgehead atoms. The van der Waals surface area contributed by atoms with Crippen LogP contribution in [-0.4, -0.2) is 46.0 Å². The fourth-order valence-electron chi connectivity index (χ4n) is 1.80. The third-order valence-electron chi connectivity index (χ3n) is 2.92. The predicted octanol–water partition coefficient (Wildman–Crippen LogP) is -0.497. The highest BCUT2D eigenvalue weighted by Gasteiger charge is 2.41. The van der Waals surface area contributed by atoms with Gasteiger partial charge in [0.2, 0.25) is 6.39 Å². The van der Waals surface area contributed by atoms with E-state index in [1.807, 2.05) is 0 Å².